The van der Waals surface area contributed by atoms with Crippen LogP contribution in [0.4, 0.5) is 5.69 Å². The van der Waals surface area contributed by atoms with Gasteiger partial charge in [-0.3, -0.25) is 0 Å². The number of carbonyl (C=O) groups is 1. The maximum absolute atomic E-state index is 10.9. The summed E-state index contributed by atoms with van der Waals surface area (Å²) >= 11 is 3.30. The van der Waals surface area contributed by atoms with Crippen molar-refractivity contribution in [3.05, 3.63) is 28.2 Å². The molecular formula is C13H16BrNO3. The zero-order chi connectivity index (χ0) is 13.3. The smallest absolute Gasteiger partial charge is 0.336 e. The molecule has 1 aromatic carbocycles. The van der Waals surface area contributed by atoms with Gasteiger partial charge in [-0.1, -0.05) is 0 Å². The number of morpholine rings is 1. The Morgan fingerprint density at radius 2 is 2.22 bits per heavy atom. The van der Waals surface area contributed by atoms with E-state index in [4.69, 9.17) is 9.84 Å². The van der Waals surface area contributed by atoms with E-state index in [2.05, 4.69) is 34.7 Å². The lowest BCUT2D eigenvalue weighted by atomic mass is 10.1. The lowest BCUT2D eigenvalue weighted by molar-refractivity contribution is -0.0277. The fourth-order valence-electron chi connectivity index (χ4n) is 2.11. The molecule has 1 fully saturated rings. The van der Waals surface area contributed by atoms with Crippen molar-refractivity contribution in [3.63, 3.8) is 0 Å². The molecule has 1 N–H and O–H groups in total. The minimum absolute atomic E-state index is 0.170. The maximum atomic E-state index is 10.9. The van der Waals surface area contributed by atoms with Gasteiger partial charge >= 0.3 is 5.97 Å². The van der Waals surface area contributed by atoms with Gasteiger partial charge in [0.25, 0.3) is 0 Å². The van der Waals surface area contributed by atoms with Gasteiger partial charge < -0.3 is 14.7 Å². The number of hydrogen-bond donors (Lipinski definition) is 1. The number of hydrogen-bond acceptors (Lipinski definition) is 3. The van der Waals surface area contributed by atoms with Gasteiger partial charge in [-0.05, 0) is 48.0 Å². The topological polar surface area (TPSA) is 49.8 Å². The molecule has 98 valence electrons. The van der Waals surface area contributed by atoms with Gasteiger partial charge in [0.15, 0.2) is 0 Å². The Balaban J connectivity index is 2.24. The van der Waals surface area contributed by atoms with E-state index in [1.54, 1.807) is 6.07 Å². The van der Waals surface area contributed by atoms with Crippen LogP contribution in [0.15, 0.2) is 22.7 Å². The highest BCUT2D eigenvalue weighted by Gasteiger charge is 2.27. The Morgan fingerprint density at radius 3 is 2.78 bits per heavy atom. The van der Waals surface area contributed by atoms with Gasteiger partial charge in [-0.2, -0.15) is 0 Å². The molecule has 0 aliphatic carbocycles. The molecule has 1 saturated heterocycles. The summed E-state index contributed by atoms with van der Waals surface area (Å²) in [5.74, 6) is -0.921. The van der Waals surface area contributed by atoms with E-state index in [9.17, 15) is 4.79 Å². The predicted octanol–water partition coefficient (Wildman–Crippen LogP) is 2.76. The second kappa shape index (κ2) is 4.90. The number of benzene rings is 1. The molecule has 1 heterocycles. The molecule has 0 unspecified atom stereocenters. The van der Waals surface area contributed by atoms with Crippen LogP contribution in [0.3, 0.4) is 0 Å². The fourth-order valence-corrected chi connectivity index (χ4v) is 2.65. The minimum atomic E-state index is -0.921. The number of halogens is 1. The van der Waals surface area contributed by atoms with E-state index in [1.165, 1.54) is 0 Å². The molecule has 0 spiro atoms. The van der Waals surface area contributed by atoms with E-state index in [0.717, 1.165) is 18.8 Å². The van der Waals surface area contributed by atoms with Crippen molar-refractivity contribution < 1.29 is 14.6 Å². The highest BCUT2D eigenvalue weighted by Crippen LogP contribution is 2.27. The number of ether oxygens (including phenoxy) is 1. The first-order valence-electron chi connectivity index (χ1n) is 5.81. The normalized spacial score (nSPS) is 18.7. The number of rotatable bonds is 2. The number of carboxylic acid groups (broad SMARTS) is 1. The highest BCUT2D eigenvalue weighted by atomic mass is 79.9. The van der Waals surface area contributed by atoms with Crippen LogP contribution < -0.4 is 4.90 Å². The van der Waals surface area contributed by atoms with Crippen LogP contribution in [0.2, 0.25) is 0 Å². The van der Waals surface area contributed by atoms with Crippen LogP contribution in [0.1, 0.15) is 24.2 Å². The van der Waals surface area contributed by atoms with Gasteiger partial charge in [-0.25, -0.2) is 4.79 Å². The van der Waals surface area contributed by atoms with Crippen LogP contribution in [-0.4, -0.2) is 36.4 Å². The highest BCUT2D eigenvalue weighted by molar-refractivity contribution is 9.10. The van der Waals surface area contributed by atoms with Crippen LogP contribution in [-0.2, 0) is 4.74 Å². The molecule has 0 saturated carbocycles. The number of anilines is 1. The Hall–Kier alpha value is -1.07. The number of aromatic carboxylic acids is 1. The average molecular weight is 314 g/mol. The molecule has 0 aromatic heterocycles. The van der Waals surface area contributed by atoms with E-state index in [-0.39, 0.29) is 11.2 Å². The molecule has 0 atom stereocenters. The van der Waals surface area contributed by atoms with Crippen molar-refractivity contribution in [2.75, 3.05) is 24.6 Å². The molecule has 0 radical (unpaired) electrons. The predicted molar refractivity (Wildman–Crippen MR) is 73.3 cm³/mol. The van der Waals surface area contributed by atoms with Gasteiger partial charge in [-0.15, -0.1) is 0 Å². The van der Waals surface area contributed by atoms with E-state index in [1.807, 2.05) is 12.1 Å². The van der Waals surface area contributed by atoms with Gasteiger partial charge in [0.05, 0.1) is 17.8 Å². The monoisotopic (exact) mass is 313 g/mol. The van der Waals surface area contributed by atoms with Crippen molar-refractivity contribution in [3.8, 4) is 0 Å². The Bertz CT molecular complexity index is 473. The Morgan fingerprint density at radius 1 is 1.50 bits per heavy atom. The second-order valence-corrected chi connectivity index (χ2v) is 5.85. The van der Waals surface area contributed by atoms with Crippen molar-refractivity contribution in [2.45, 2.75) is 19.4 Å². The van der Waals surface area contributed by atoms with Gasteiger partial charge in [0, 0.05) is 23.2 Å². The second-order valence-electron chi connectivity index (χ2n) is 5.00. The molecule has 0 amide bonds. The summed E-state index contributed by atoms with van der Waals surface area (Å²) in [5, 5.41) is 8.99. The molecule has 4 nitrogen and oxygen atoms in total. The third-order valence-corrected chi connectivity index (χ3v) is 3.63. The quantitative estimate of drug-likeness (QED) is 0.912. The van der Waals surface area contributed by atoms with Crippen LogP contribution in [0.5, 0.6) is 0 Å². The van der Waals surface area contributed by atoms with Crippen molar-refractivity contribution >= 4 is 27.6 Å². The molecule has 1 aliphatic heterocycles. The summed E-state index contributed by atoms with van der Waals surface area (Å²) in [6.07, 6.45) is 0. The molecule has 2 rings (SSSR count). The van der Waals surface area contributed by atoms with Crippen LogP contribution in [0.25, 0.3) is 0 Å². The fraction of sp³-hybridized carbons (Fsp3) is 0.462. The van der Waals surface area contributed by atoms with Crippen LogP contribution in [0, 0.1) is 0 Å². The van der Waals surface area contributed by atoms with Gasteiger partial charge in [0.2, 0.25) is 0 Å². The van der Waals surface area contributed by atoms with E-state index >= 15 is 0 Å². The van der Waals surface area contributed by atoms with E-state index < -0.39 is 5.97 Å². The third kappa shape index (κ3) is 2.84. The van der Waals surface area contributed by atoms with Crippen LogP contribution >= 0.6 is 15.9 Å². The lowest BCUT2D eigenvalue weighted by Crippen LogP contribution is -2.48. The minimum Gasteiger partial charge on any atom is -0.478 e. The van der Waals surface area contributed by atoms with Crippen molar-refractivity contribution in [2.24, 2.45) is 0 Å². The summed E-state index contributed by atoms with van der Waals surface area (Å²) in [6.45, 7) is 6.42. The largest absolute Gasteiger partial charge is 0.478 e. The molecule has 1 aliphatic rings. The molecule has 5 heteroatoms. The SMILES string of the molecule is CC1(C)CN(c2ccc(C(=O)O)c(Br)c2)CCO1. The Labute approximate surface area is 115 Å². The first-order valence-corrected chi connectivity index (χ1v) is 6.60. The lowest BCUT2D eigenvalue weighted by Gasteiger charge is -2.39. The van der Waals surface area contributed by atoms with Gasteiger partial charge in [0.1, 0.15) is 0 Å². The summed E-state index contributed by atoms with van der Waals surface area (Å²) < 4.78 is 6.27. The zero-order valence-corrected chi connectivity index (χ0v) is 12.0. The average Bonchev–Trinajstić information content (AvgIpc) is 2.27. The van der Waals surface area contributed by atoms with Crippen molar-refractivity contribution in [1.82, 2.24) is 0 Å². The maximum Gasteiger partial charge on any atom is 0.336 e. The standard InChI is InChI=1S/C13H16BrNO3/c1-13(2)8-15(5-6-18-13)9-3-4-10(12(16)17)11(14)7-9/h3-4,7H,5-6,8H2,1-2H3,(H,16,17). The summed E-state index contributed by atoms with van der Waals surface area (Å²) in [4.78, 5) is 13.2. The summed E-state index contributed by atoms with van der Waals surface area (Å²) in [7, 11) is 0. The van der Waals surface area contributed by atoms with E-state index in [0.29, 0.717) is 11.1 Å². The van der Waals surface area contributed by atoms with Crippen molar-refractivity contribution in [1.29, 1.82) is 0 Å². The third-order valence-electron chi connectivity index (χ3n) is 2.97. The first kappa shape index (κ1) is 13.4. The summed E-state index contributed by atoms with van der Waals surface area (Å²) in [5.41, 5.74) is 1.13. The molecule has 1 aromatic rings. The molecular weight excluding hydrogens is 298 g/mol. The number of carboxylic acids is 1. The Kier molecular flexibility index (Phi) is 3.64. The zero-order valence-electron chi connectivity index (χ0n) is 10.4. The number of nitrogens with zero attached hydrogens (tertiary/aromatic N) is 1. The molecule has 0 bridgehead atoms. The first-order chi connectivity index (χ1) is 8.39. The molecule has 18 heavy (non-hydrogen) atoms. The summed E-state index contributed by atoms with van der Waals surface area (Å²) in [6, 6.07) is 5.32.